The third-order valence-corrected chi connectivity index (χ3v) is 11.1. The van der Waals surface area contributed by atoms with Crippen LogP contribution in [0.5, 0.6) is 23.0 Å². The quantitative estimate of drug-likeness (QED) is 0.125. The Balaban J connectivity index is 1.64. The van der Waals surface area contributed by atoms with Gasteiger partial charge in [0.25, 0.3) is 0 Å². The zero-order valence-electron chi connectivity index (χ0n) is 28.9. The molecule has 4 aliphatic carbocycles. The molecule has 0 saturated heterocycles. The maximum absolute atomic E-state index is 13.6. The molecule has 6 rings (SSSR count). The lowest BCUT2D eigenvalue weighted by molar-refractivity contribution is -0.123. The van der Waals surface area contributed by atoms with Crippen LogP contribution in [0.15, 0.2) is 83.0 Å². The number of carbonyl (C=O) groups excluding carboxylic acids is 1. The largest absolute Gasteiger partial charge is 0.508 e. The van der Waals surface area contributed by atoms with Gasteiger partial charge in [0.1, 0.15) is 35.4 Å². The first kappa shape index (κ1) is 35.3. The highest BCUT2D eigenvalue weighted by Gasteiger charge is 2.47. The van der Waals surface area contributed by atoms with E-state index >= 15 is 0 Å². The van der Waals surface area contributed by atoms with Crippen LogP contribution in [0.2, 0.25) is 0 Å². The topological polar surface area (TPSA) is 118 Å². The van der Waals surface area contributed by atoms with E-state index in [9.17, 15) is 30.3 Å². The second-order valence-electron chi connectivity index (χ2n) is 14.8. The molecule has 0 amide bonds. The molecule has 0 fully saturated rings. The maximum atomic E-state index is 13.6. The second-order valence-corrected chi connectivity index (χ2v) is 14.8. The highest BCUT2D eigenvalue weighted by atomic mass is 16.3. The Morgan fingerprint density at radius 1 is 0.833 bits per heavy atom. The summed E-state index contributed by atoms with van der Waals surface area (Å²) in [6, 6.07) is 6.29. The van der Waals surface area contributed by atoms with Gasteiger partial charge in [-0.1, -0.05) is 58.7 Å². The Bertz CT molecular complexity index is 1690. The van der Waals surface area contributed by atoms with Gasteiger partial charge < -0.3 is 30.3 Å². The predicted octanol–water partition coefficient (Wildman–Crippen LogP) is 9.33. The SMILES string of the molecule is C=C(C)C1CC/C(C)=C/CC[C@]2(C=O)C(CC3=C[C@H]2C/C(C)=C/[C@H](O)c2cc(O)c(cc2O)C/C(C)=C\CC3)Cc2cc(O)cc1c2O. The van der Waals surface area contributed by atoms with E-state index in [1.54, 1.807) is 18.2 Å². The molecule has 4 aliphatic rings. The van der Waals surface area contributed by atoms with E-state index in [4.69, 9.17) is 0 Å². The first-order valence-electron chi connectivity index (χ1n) is 17.4. The summed E-state index contributed by atoms with van der Waals surface area (Å²) in [7, 11) is 0. The van der Waals surface area contributed by atoms with Crippen LogP contribution in [-0.4, -0.2) is 31.8 Å². The number of carbonyl (C=O) groups is 1. The molecule has 0 aliphatic heterocycles. The third kappa shape index (κ3) is 7.49. The summed E-state index contributed by atoms with van der Waals surface area (Å²) in [5, 5.41) is 55.4. The number of aliphatic hydroxyl groups is 1. The van der Waals surface area contributed by atoms with E-state index in [2.05, 4.69) is 31.7 Å². The highest BCUT2D eigenvalue weighted by molar-refractivity contribution is 5.63. The minimum Gasteiger partial charge on any atom is -0.508 e. The number of allylic oxidation sites excluding steroid dienone is 8. The molecule has 2 unspecified atom stereocenters. The van der Waals surface area contributed by atoms with Crippen LogP contribution in [0.4, 0.5) is 0 Å². The van der Waals surface area contributed by atoms with Gasteiger partial charge >= 0.3 is 0 Å². The van der Waals surface area contributed by atoms with E-state index in [0.29, 0.717) is 48.8 Å². The van der Waals surface area contributed by atoms with Gasteiger partial charge in [0, 0.05) is 28.0 Å². The van der Waals surface area contributed by atoms with Crippen LogP contribution < -0.4 is 0 Å². The van der Waals surface area contributed by atoms with Crippen LogP contribution in [0.25, 0.3) is 0 Å². The number of rotatable bonds is 2. The lowest BCUT2D eigenvalue weighted by Crippen LogP contribution is -2.43. The number of phenolic OH excluding ortho intramolecular Hbond substituents is 4. The van der Waals surface area contributed by atoms with Gasteiger partial charge in [0.2, 0.25) is 0 Å². The normalized spacial score (nSPS) is 30.4. The number of hydrogen-bond acceptors (Lipinski definition) is 6. The Kier molecular flexibility index (Phi) is 10.7. The van der Waals surface area contributed by atoms with Crippen molar-refractivity contribution in [3.05, 3.63) is 105 Å². The van der Waals surface area contributed by atoms with E-state index < -0.39 is 11.5 Å². The fourth-order valence-electron chi connectivity index (χ4n) is 8.41. The summed E-state index contributed by atoms with van der Waals surface area (Å²) in [5.41, 5.74) is 6.74. The Morgan fingerprint density at radius 2 is 1.58 bits per heavy atom. The van der Waals surface area contributed by atoms with Crippen molar-refractivity contribution in [2.45, 2.75) is 104 Å². The minimum atomic E-state index is -1.14. The summed E-state index contributed by atoms with van der Waals surface area (Å²) in [6.07, 6.45) is 15.1. The van der Waals surface area contributed by atoms with Crippen LogP contribution in [0.3, 0.4) is 0 Å². The molecule has 6 nitrogen and oxygen atoms in total. The van der Waals surface area contributed by atoms with Gasteiger partial charge in [-0.25, -0.2) is 0 Å². The number of fused-ring (bicyclic) bond motifs is 10. The summed E-state index contributed by atoms with van der Waals surface area (Å²) in [5.74, 6) is -0.166. The average molecular weight is 653 g/mol. The first-order chi connectivity index (χ1) is 22.8. The van der Waals surface area contributed by atoms with Crippen molar-refractivity contribution in [2.24, 2.45) is 17.3 Å². The second kappa shape index (κ2) is 14.6. The smallest absolute Gasteiger partial charge is 0.127 e. The molecular weight excluding hydrogens is 600 g/mol. The first-order valence-corrected chi connectivity index (χ1v) is 17.4. The minimum absolute atomic E-state index is 0.0374. The van der Waals surface area contributed by atoms with Crippen molar-refractivity contribution in [1.29, 1.82) is 0 Å². The molecule has 0 heterocycles. The van der Waals surface area contributed by atoms with Gasteiger partial charge in [-0.3, -0.25) is 0 Å². The van der Waals surface area contributed by atoms with Gasteiger partial charge in [0.05, 0.1) is 0 Å². The molecule has 48 heavy (non-hydrogen) atoms. The van der Waals surface area contributed by atoms with Gasteiger partial charge in [0.15, 0.2) is 0 Å². The predicted molar refractivity (Wildman–Crippen MR) is 191 cm³/mol. The van der Waals surface area contributed by atoms with Crippen LogP contribution >= 0.6 is 0 Å². The fourth-order valence-corrected chi connectivity index (χ4v) is 8.41. The van der Waals surface area contributed by atoms with Crippen molar-refractivity contribution >= 4 is 6.29 Å². The molecule has 2 aromatic rings. The molecule has 6 heteroatoms. The molecule has 2 aromatic carbocycles. The van der Waals surface area contributed by atoms with Gasteiger partial charge in [-0.05, 0) is 134 Å². The zero-order chi connectivity index (χ0) is 34.7. The summed E-state index contributed by atoms with van der Waals surface area (Å²) >= 11 is 0. The standard InChI is InChI=1S/C42H52O6/c1-25(2)35-12-11-26(3)9-7-13-42(24-43)32-15-28(5)16-39(46)37-23-38(45)30(21-40(37)47)14-27(4)8-6-10-29(17-32)18-33(42)19-31-20-34(44)22-36(35)41(31)48/h8-9,16-17,20-24,32-33,35,39,44-48H,1,6-7,10-15,18-19H2,2-5H3/b26-9+,27-8-,28-16+/t32-,33?,35?,39+,42-/m1/s1. The van der Waals surface area contributed by atoms with E-state index in [1.807, 2.05) is 20.8 Å². The number of hydrogen-bond donors (Lipinski definition) is 5. The summed E-state index contributed by atoms with van der Waals surface area (Å²) in [6.45, 7) is 12.3. The average Bonchev–Trinajstić information content (AvgIpc) is 3.01. The van der Waals surface area contributed by atoms with Crippen molar-refractivity contribution < 1.29 is 30.3 Å². The van der Waals surface area contributed by atoms with Crippen molar-refractivity contribution in [3.63, 3.8) is 0 Å². The van der Waals surface area contributed by atoms with E-state index in [0.717, 1.165) is 55.1 Å². The molecule has 5 N–H and O–H groups in total. The zero-order valence-corrected chi connectivity index (χ0v) is 28.9. The van der Waals surface area contributed by atoms with E-state index in [1.165, 1.54) is 23.3 Å². The summed E-state index contributed by atoms with van der Waals surface area (Å²) in [4.78, 5) is 13.6. The third-order valence-electron chi connectivity index (χ3n) is 11.1. The Hall–Kier alpha value is -4.03. The van der Waals surface area contributed by atoms with Crippen molar-refractivity contribution in [2.75, 3.05) is 0 Å². The van der Waals surface area contributed by atoms with Crippen molar-refractivity contribution in [3.8, 4) is 23.0 Å². The van der Waals surface area contributed by atoms with Crippen molar-refractivity contribution in [1.82, 2.24) is 0 Å². The molecule has 256 valence electrons. The lowest BCUT2D eigenvalue weighted by atomic mass is 9.56. The van der Waals surface area contributed by atoms with E-state index in [-0.39, 0.29) is 46.3 Å². The fraction of sp³-hybridized carbons (Fsp3) is 0.452. The Labute approximate surface area is 285 Å². The number of phenols is 4. The number of aromatic hydroxyl groups is 4. The molecular formula is C42H52O6. The van der Waals surface area contributed by atoms with Crippen LogP contribution in [0, 0.1) is 17.3 Å². The molecule has 0 spiro atoms. The van der Waals surface area contributed by atoms with Gasteiger partial charge in [-0.2, -0.15) is 0 Å². The van der Waals surface area contributed by atoms with Crippen LogP contribution in [0.1, 0.15) is 113 Å². The Morgan fingerprint density at radius 3 is 2.31 bits per heavy atom. The number of aliphatic hydroxyl groups excluding tert-OH is 1. The molecule has 0 radical (unpaired) electrons. The monoisotopic (exact) mass is 652 g/mol. The molecule has 0 saturated carbocycles. The highest BCUT2D eigenvalue weighted by Crippen LogP contribution is 2.52. The number of aldehydes is 1. The van der Waals surface area contributed by atoms with Crippen LogP contribution in [-0.2, 0) is 17.6 Å². The molecule has 6 bridgehead atoms. The summed E-state index contributed by atoms with van der Waals surface area (Å²) < 4.78 is 0. The molecule has 5 atom stereocenters. The maximum Gasteiger partial charge on any atom is 0.127 e. The lowest BCUT2D eigenvalue weighted by Gasteiger charge is -2.46. The van der Waals surface area contributed by atoms with Gasteiger partial charge in [-0.15, -0.1) is 0 Å². The molecule has 0 aromatic heterocycles. The number of benzene rings is 2.